The molecule has 0 aromatic rings. The Hall–Kier alpha value is -0.610. The lowest BCUT2D eigenvalue weighted by atomic mass is 9.43. The molecular weight excluding hydrogens is 400 g/mol. The van der Waals surface area contributed by atoms with Gasteiger partial charge in [-0.15, -0.1) is 0 Å². The summed E-state index contributed by atoms with van der Waals surface area (Å²) < 4.78 is 12.1. The molecule has 2 saturated heterocycles. The summed E-state index contributed by atoms with van der Waals surface area (Å²) in [6, 6.07) is 0. The minimum atomic E-state index is -0.730. The fourth-order valence-electron chi connectivity index (χ4n) is 9.36. The monoisotopic (exact) mass is 446 g/mol. The average Bonchev–Trinajstić information content (AvgIpc) is 3.29. The molecule has 0 amide bonds. The Labute approximate surface area is 195 Å². The van der Waals surface area contributed by atoms with Crippen LogP contribution in [0.3, 0.4) is 0 Å². The van der Waals surface area contributed by atoms with Crippen molar-refractivity contribution >= 4 is 5.97 Å². The van der Waals surface area contributed by atoms with E-state index in [0.717, 1.165) is 51.7 Å². The molecule has 2 unspecified atom stereocenters. The zero-order chi connectivity index (χ0) is 22.6. The van der Waals surface area contributed by atoms with E-state index < -0.39 is 11.0 Å². The molecule has 0 radical (unpaired) electrons. The summed E-state index contributed by atoms with van der Waals surface area (Å²) in [4.78, 5) is 12.9. The molecule has 5 fully saturated rings. The predicted octanol–water partition coefficient (Wildman–Crippen LogP) is 6.04. The van der Waals surface area contributed by atoms with Crippen molar-refractivity contribution in [3.05, 3.63) is 0 Å². The summed E-state index contributed by atoms with van der Waals surface area (Å²) in [6.07, 6.45) is 16.4. The molecule has 4 nitrogen and oxygen atoms in total. The lowest BCUT2D eigenvalue weighted by Crippen LogP contribution is -2.65. The van der Waals surface area contributed by atoms with Gasteiger partial charge in [-0.25, -0.2) is 0 Å². The number of carbonyl (C=O) groups excluding carboxylic acids is 1. The molecule has 0 aromatic heterocycles. The third-order valence-electron chi connectivity index (χ3n) is 11.3. The highest BCUT2D eigenvalue weighted by atomic mass is 16.6. The lowest BCUT2D eigenvalue weighted by Gasteiger charge is -2.61. The summed E-state index contributed by atoms with van der Waals surface area (Å²) in [5.41, 5.74) is -1.07. The maximum atomic E-state index is 12.9. The van der Waals surface area contributed by atoms with Crippen molar-refractivity contribution in [3.63, 3.8) is 0 Å². The Kier molecular flexibility index (Phi) is 5.97. The van der Waals surface area contributed by atoms with Gasteiger partial charge in [-0.1, -0.05) is 58.8 Å². The van der Waals surface area contributed by atoms with Crippen LogP contribution in [-0.4, -0.2) is 36.0 Å². The van der Waals surface area contributed by atoms with E-state index in [2.05, 4.69) is 20.8 Å². The van der Waals surface area contributed by atoms with Crippen LogP contribution in [0.5, 0.6) is 0 Å². The van der Waals surface area contributed by atoms with Crippen molar-refractivity contribution in [2.24, 2.45) is 34.0 Å². The van der Waals surface area contributed by atoms with Crippen LogP contribution in [0.25, 0.3) is 0 Å². The molecule has 32 heavy (non-hydrogen) atoms. The molecule has 4 heteroatoms. The highest BCUT2D eigenvalue weighted by Gasteiger charge is 2.71. The van der Waals surface area contributed by atoms with E-state index in [4.69, 9.17) is 9.47 Å². The summed E-state index contributed by atoms with van der Waals surface area (Å²) in [5, 5.41) is 12.4. The Balaban J connectivity index is 1.38. The molecule has 1 spiro atoms. The zero-order valence-corrected chi connectivity index (χ0v) is 20.8. The summed E-state index contributed by atoms with van der Waals surface area (Å²) >= 11 is 0. The van der Waals surface area contributed by atoms with Gasteiger partial charge in [-0.3, -0.25) is 4.79 Å². The van der Waals surface area contributed by atoms with Crippen LogP contribution in [0.4, 0.5) is 0 Å². The van der Waals surface area contributed by atoms with Crippen LogP contribution in [-0.2, 0) is 14.3 Å². The first kappa shape index (κ1) is 23.1. The van der Waals surface area contributed by atoms with Crippen LogP contribution in [0.1, 0.15) is 111 Å². The normalized spacial score (nSPS) is 48.6. The molecule has 1 N–H and O–H groups in total. The van der Waals surface area contributed by atoms with Gasteiger partial charge in [0.15, 0.2) is 0 Å². The minimum absolute atomic E-state index is 0.0105. The number of rotatable bonds is 3. The Morgan fingerprint density at radius 3 is 2.38 bits per heavy atom. The number of carbonyl (C=O) groups is 1. The standard InChI is InChI=1S/C28H46O4/c1-20-17-22-23-25(2,24(29)32-22)12-10-13-26(23,3)28(20,30)16-11-21-18-31-19-27(21)14-8-6-4-5-7-9-15-27/h20-23,30H,4-19H2,1-3H3/t20-,21?,22-,23?,25+,26-,28-/m1/s1. The summed E-state index contributed by atoms with van der Waals surface area (Å²) in [6.45, 7) is 8.41. The van der Waals surface area contributed by atoms with Crippen molar-refractivity contribution in [1.82, 2.24) is 0 Å². The van der Waals surface area contributed by atoms with Crippen LogP contribution >= 0.6 is 0 Å². The Morgan fingerprint density at radius 1 is 0.969 bits per heavy atom. The molecule has 2 aliphatic heterocycles. The number of hydrogen-bond acceptors (Lipinski definition) is 4. The van der Waals surface area contributed by atoms with Gasteiger partial charge in [0.25, 0.3) is 0 Å². The van der Waals surface area contributed by atoms with Gasteiger partial charge in [0.1, 0.15) is 6.10 Å². The molecule has 5 aliphatic rings. The van der Waals surface area contributed by atoms with Gasteiger partial charge in [-0.2, -0.15) is 0 Å². The SMILES string of the molecule is C[C@@H]1C[C@H]2OC(=O)[C@@]3(C)CCC[C@](C)(C23)[C@@]1(O)CCC1COCC12CCCCCCCC2. The van der Waals surface area contributed by atoms with E-state index in [9.17, 15) is 9.90 Å². The number of aliphatic hydroxyl groups is 1. The minimum Gasteiger partial charge on any atom is -0.462 e. The zero-order valence-electron chi connectivity index (χ0n) is 20.8. The lowest BCUT2D eigenvalue weighted by molar-refractivity contribution is -0.219. The van der Waals surface area contributed by atoms with E-state index in [1.54, 1.807) is 0 Å². The molecule has 3 aliphatic carbocycles. The second-order valence-corrected chi connectivity index (χ2v) is 12.9. The third kappa shape index (κ3) is 3.33. The van der Waals surface area contributed by atoms with E-state index in [1.165, 1.54) is 51.4 Å². The van der Waals surface area contributed by atoms with Crippen LogP contribution in [0.15, 0.2) is 0 Å². The average molecular weight is 447 g/mol. The first-order chi connectivity index (χ1) is 15.3. The molecule has 3 saturated carbocycles. The van der Waals surface area contributed by atoms with Crippen molar-refractivity contribution in [1.29, 1.82) is 0 Å². The summed E-state index contributed by atoms with van der Waals surface area (Å²) in [7, 11) is 0. The van der Waals surface area contributed by atoms with Gasteiger partial charge in [0, 0.05) is 11.3 Å². The smallest absolute Gasteiger partial charge is 0.312 e. The third-order valence-corrected chi connectivity index (χ3v) is 11.3. The number of ether oxygens (including phenoxy) is 2. The highest BCUT2D eigenvalue weighted by Crippen LogP contribution is 2.67. The van der Waals surface area contributed by atoms with Gasteiger partial charge in [0.2, 0.25) is 0 Å². The first-order valence-electron chi connectivity index (χ1n) is 13.8. The predicted molar refractivity (Wildman–Crippen MR) is 125 cm³/mol. The summed E-state index contributed by atoms with van der Waals surface area (Å²) in [5.74, 6) is 0.857. The van der Waals surface area contributed by atoms with E-state index in [1.807, 2.05) is 0 Å². The second-order valence-electron chi connectivity index (χ2n) is 12.9. The molecule has 0 aromatic carbocycles. The van der Waals surface area contributed by atoms with E-state index in [-0.39, 0.29) is 29.3 Å². The van der Waals surface area contributed by atoms with E-state index >= 15 is 0 Å². The molecule has 0 bridgehead atoms. The van der Waals surface area contributed by atoms with Crippen LogP contribution in [0.2, 0.25) is 0 Å². The fourth-order valence-corrected chi connectivity index (χ4v) is 9.36. The number of hydrogen-bond donors (Lipinski definition) is 1. The van der Waals surface area contributed by atoms with Gasteiger partial charge in [-0.05, 0) is 69.1 Å². The van der Waals surface area contributed by atoms with Gasteiger partial charge >= 0.3 is 5.97 Å². The molecule has 5 rings (SSSR count). The Morgan fingerprint density at radius 2 is 1.66 bits per heavy atom. The molecular formula is C28H46O4. The molecule has 7 atom stereocenters. The van der Waals surface area contributed by atoms with Gasteiger partial charge in [0.05, 0.1) is 24.2 Å². The maximum Gasteiger partial charge on any atom is 0.312 e. The fraction of sp³-hybridized carbons (Fsp3) is 0.964. The maximum absolute atomic E-state index is 12.9. The highest BCUT2D eigenvalue weighted by molar-refractivity contribution is 5.80. The largest absolute Gasteiger partial charge is 0.462 e. The number of esters is 1. The van der Waals surface area contributed by atoms with Crippen molar-refractivity contribution in [2.45, 2.75) is 122 Å². The van der Waals surface area contributed by atoms with E-state index in [0.29, 0.717) is 11.3 Å². The van der Waals surface area contributed by atoms with Crippen LogP contribution < -0.4 is 0 Å². The van der Waals surface area contributed by atoms with Crippen molar-refractivity contribution in [3.8, 4) is 0 Å². The topological polar surface area (TPSA) is 55.8 Å². The molecule has 182 valence electrons. The molecule has 2 heterocycles. The van der Waals surface area contributed by atoms with Crippen molar-refractivity contribution < 1.29 is 19.4 Å². The Bertz CT molecular complexity index is 710. The van der Waals surface area contributed by atoms with Gasteiger partial charge < -0.3 is 14.6 Å². The van der Waals surface area contributed by atoms with Crippen molar-refractivity contribution in [2.75, 3.05) is 13.2 Å². The second kappa shape index (κ2) is 8.26. The first-order valence-corrected chi connectivity index (χ1v) is 13.8. The quantitative estimate of drug-likeness (QED) is 0.537. The van der Waals surface area contributed by atoms with Crippen LogP contribution in [0, 0.1) is 34.0 Å².